The molecule has 0 fully saturated rings. The van der Waals surface area contributed by atoms with E-state index < -0.39 is 10.0 Å². The van der Waals surface area contributed by atoms with Gasteiger partial charge in [-0.25, -0.2) is 13.1 Å². The Labute approximate surface area is 162 Å². The van der Waals surface area contributed by atoms with Gasteiger partial charge in [0.1, 0.15) is 0 Å². The molecule has 2 N–H and O–H groups in total. The van der Waals surface area contributed by atoms with Crippen molar-refractivity contribution >= 4 is 27.4 Å². The van der Waals surface area contributed by atoms with Crippen LogP contribution in [0.25, 0.3) is 0 Å². The van der Waals surface area contributed by atoms with Crippen LogP contribution >= 0.6 is 0 Å². The lowest BCUT2D eigenvalue weighted by molar-refractivity contribution is 0.0993. The third-order valence-corrected chi connectivity index (χ3v) is 5.41. The first-order chi connectivity index (χ1) is 13.3. The van der Waals surface area contributed by atoms with Gasteiger partial charge in [-0.3, -0.25) is 9.59 Å². The van der Waals surface area contributed by atoms with Crippen LogP contribution in [0.3, 0.4) is 0 Å². The molecule has 0 aliphatic heterocycles. The molecular weight excluding hydrogens is 380 g/mol. The van der Waals surface area contributed by atoms with Gasteiger partial charge in [-0.15, -0.1) is 0 Å². The van der Waals surface area contributed by atoms with Crippen LogP contribution in [0.1, 0.15) is 33.4 Å². The van der Waals surface area contributed by atoms with Gasteiger partial charge in [-0.2, -0.15) is 0 Å². The fraction of sp³-hybridized carbons (Fsp3) is 0.100. The van der Waals surface area contributed by atoms with E-state index in [2.05, 4.69) is 10.0 Å². The molecule has 2 aromatic carbocycles. The maximum Gasteiger partial charge on any atom is 0.291 e. The fourth-order valence-corrected chi connectivity index (χ4v) is 3.45. The summed E-state index contributed by atoms with van der Waals surface area (Å²) in [6.07, 6.45) is 1.41. The Balaban J connectivity index is 1.60. The zero-order chi connectivity index (χ0) is 20.1. The standard InChI is InChI=1S/C20H18N2O5S/c1-14(23)16-6-10-18(11-7-16)28(25,26)21-13-15-4-8-17(9-5-15)22-20(24)19-3-2-12-27-19/h2-12,21H,13H2,1H3,(H,22,24). The molecule has 0 spiro atoms. The summed E-state index contributed by atoms with van der Waals surface area (Å²) in [6, 6.07) is 15.7. The van der Waals surface area contributed by atoms with Gasteiger partial charge in [-0.05, 0) is 48.9 Å². The average molecular weight is 398 g/mol. The highest BCUT2D eigenvalue weighted by Gasteiger charge is 2.14. The van der Waals surface area contributed by atoms with E-state index in [0.717, 1.165) is 5.56 Å². The maximum atomic E-state index is 12.4. The number of furan rings is 1. The SMILES string of the molecule is CC(=O)c1ccc(S(=O)(=O)NCc2ccc(NC(=O)c3ccco3)cc2)cc1. The first-order valence-electron chi connectivity index (χ1n) is 8.39. The minimum Gasteiger partial charge on any atom is -0.459 e. The topological polar surface area (TPSA) is 105 Å². The second kappa shape index (κ2) is 8.20. The number of nitrogens with one attached hydrogen (secondary N) is 2. The number of anilines is 1. The second-order valence-electron chi connectivity index (χ2n) is 6.03. The lowest BCUT2D eigenvalue weighted by Crippen LogP contribution is -2.23. The summed E-state index contributed by atoms with van der Waals surface area (Å²) in [5.41, 5.74) is 1.74. The van der Waals surface area contributed by atoms with Gasteiger partial charge in [0, 0.05) is 17.8 Å². The van der Waals surface area contributed by atoms with Gasteiger partial charge in [-0.1, -0.05) is 24.3 Å². The van der Waals surface area contributed by atoms with E-state index in [4.69, 9.17) is 4.42 Å². The van der Waals surface area contributed by atoms with Crippen molar-refractivity contribution in [1.82, 2.24) is 4.72 Å². The Morgan fingerprint density at radius 1 is 0.964 bits per heavy atom. The van der Waals surface area contributed by atoms with E-state index in [1.54, 1.807) is 36.4 Å². The van der Waals surface area contributed by atoms with E-state index in [1.165, 1.54) is 37.5 Å². The van der Waals surface area contributed by atoms with E-state index in [1.807, 2.05) is 0 Å². The van der Waals surface area contributed by atoms with Crippen molar-refractivity contribution < 1.29 is 22.4 Å². The predicted molar refractivity (Wildman–Crippen MR) is 104 cm³/mol. The summed E-state index contributed by atoms with van der Waals surface area (Å²) in [4.78, 5) is 23.3. The molecule has 7 nitrogen and oxygen atoms in total. The minimum atomic E-state index is -3.70. The first-order valence-corrected chi connectivity index (χ1v) is 9.88. The highest BCUT2D eigenvalue weighted by atomic mass is 32.2. The number of carbonyl (C=O) groups is 2. The van der Waals surface area contributed by atoms with Crippen molar-refractivity contribution in [3.63, 3.8) is 0 Å². The highest BCUT2D eigenvalue weighted by molar-refractivity contribution is 7.89. The van der Waals surface area contributed by atoms with Crippen molar-refractivity contribution in [3.8, 4) is 0 Å². The highest BCUT2D eigenvalue weighted by Crippen LogP contribution is 2.14. The molecule has 3 aromatic rings. The van der Waals surface area contributed by atoms with Crippen LogP contribution in [0.5, 0.6) is 0 Å². The fourth-order valence-electron chi connectivity index (χ4n) is 2.44. The Hall–Kier alpha value is -3.23. The van der Waals surface area contributed by atoms with Crippen LogP contribution in [-0.2, 0) is 16.6 Å². The molecule has 1 aromatic heterocycles. The third-order valence-electron chi connectivity index (χ3n) is 3.99. The monoisotopic (exact) mass is 398 g/mol. The number of ketones is 1. The number of carbonyl (C=O) groups excluding carboxylic acids is 2. The number of rotatable bonds is 7. The van der Waals surface area contributed by atoms with Crippen molar-refractivity contribution in [2.75, 3.05) is 5.32 Å². The van der Waals surface area contributed by atoms with Gasteiger partial charge in [0.05, 0.1) is 11.2 Å². The molecule has 28 heavy (non-hydrogen) atoms. The van der Waals surface area contributed by atoms with Crippen molar-refractivity contribution in [1.29, 1.82) is 0 Å². The molecule has 0 atom stereocenters. The van der Waals surface area contributed by atoms with Gasteiger partial charge in [0.25, 0.3) is 5.91 Å². The molecule has 1 heterocycles. The third kappa shape index (κ3) is 4.73. The predicted octanol–water partition coefficient (Wildman–Crippen LogP) is 3.21. The summed E-state index contributed by atoms with van der Waals surface area (Å²) in [5, 5.41) is 2.69. The number of hydrogen-bond donors (Lipinski definition) is 2. The summed E-state index contributed by atoms with van der Waals surface area (Å²) >= 11 is 0. The van der Waals surface area contributed by atoms with Crippen molar-refractivity contribution in [2.45, 2.75) is 18.4 Å². The van der Waals surface area contributed by atoms with Crippen LogP contribution in [0.2, 0.25) is 0 Å². The average Bonchev–Trinajstić information content (AvgIpc) is 3.22. The molecule has 144 valence electrons. The molecule has 0 saturated heterocycles. The number of hydrogen-bond acceptors (Lipinski definition) is 5. The largest absolute Gasteiger partial charge is 0.459 e. The minimum absolute atomic E-state index is 0.0832. The Kier molecular flexibility index (Phi) is 5.72. The van der Waals surface area contributed by atoms with E-state index in [9.17, 15) is 18.0 Å². The molecule has 8 heteroatoms. The Bertz CT molecular complexity index is 1070. The molecule has 3 rings (SSSR count). The van der Waals surface area contributed by atoms with Gasteiger partial charge in [0.2, 0.25) is 10.0 Å². The number of Topliss-reactive ketones (excluding diaryl/α,β-unsaturated/α-hetero) is 1. The Morgan fingerprint density at radius 2 is 1.64 bits per heavy atom. The van der Waals surface area contributed by atoms with Gasteiger partial charge in [0.15, 0.2) is 11.5 Å². The molecule has 0 bridgehead atoms. The van der Waals surface area contributed by atoms with Crippen LogP contribution in [-0.4, -0.2) is 20.1 Å². The molecule has 0 aliphatic carbocycles. The molecule has 0 radical (unpaired) electrons. The van der Waals surface area contributed by atoms with Crippen LogP contribution in [0, 0.1) is 0 Å². The van der Waals surface area contributed by atoms with E-state index in [-0.39, 0.29) is 28.9 Å². The smallest absolute Gasteiger partial charge is 0.291 e. The number of amides is 1. The van der Waals surface area contributed by atoms with Crippen LogP contribution < -0.4 is 10.0 Å². The Morgan fingerprint density at radius 3 is 2.21 bits per heavy atom. The number of benzene rings is 2. The first kappa shape index (κ1) is 19.5. The molecule has 0 aliphatic rings. The van der Waals surface area contributed by atoms with Gasteiger partial charge < -0.3 is 9.73 Å². The lowest BCUT2D eigenvalue weighted by Gasteiger charge is -2.08. The maximum absolute atomic E-state index is 12.4. The zero-order valence-electron chi connectivity index (χ0n) is 15.0. The molecular formula is C20H18N2O5S. The molecule has 0 unspecified atom stereocenters. The van der Waals surface area contributed by atoms with E-state index in [0.29, 0.717) is 11.3 Å². The summed E-state index contributed by atoms with van der Waals surface area (Å²) in [6.45, 7) is 1.51. The normalized spacial score (nSPS) is 11.2. The van der Waals surface area contributed by atoms with Crippen molar-refractivity contribution in [2.24, 2.45) is 0 Å². The summed E-state index contributed by atoms with van der Waals surface area (Å²) in [5.74, 6) is -0.295. The second-order valence-corrected chi connectivity index (χ2v) is 7.80. The lowest BCUT2D eigenvalue weighted by atomic mass is 10.2. The zero-order valence-corrected chi connectivity index (χ0v) is 15.8. The summed E-state index contributed by atoms with van der Waals surface area (Å²) < 4.78 is 32.3. The quantitative estimate of drug-likeness (QED) is 0.595. The molecule has 0 saturated carbocycles. The number of sulfonamides is 1. The van der Waals surface area contributed by atoms with E-state index >= 15 is 0 Å². The van der Waals surface area contributed by atoms with Gasteiger partial charge >= 0.3 is 0 Å². The van der Waals surface area contributed by atoms with Crippen molar-refractivity contribution in [3.05, 3.63) is 83.8 Å². The molecule has 1 amide bonds. The van der Waals surface area contributed by atoms with Crippen LogP contribution in [0.4, 0.5) is 5.69 Å². The summed E-state index contributed by atoms with van der Waals surface area (Å²) in [7, 11) is -3.70. The van der Waals surface area contributed by atoms with Crippen LogP contribution in [0.15, 0.2) is 76.2 Å².